The molecule has 0 aliphatic rings. The van der Waals surface area contributed by atoms with Crippen LogP contribution in [0.2, 0.25) is 0 Å². The highest BCUT2D eigenvalue weighted by atomic mass is 19.4. The van der Waals surface area contributed by atoms with Gasteiger partial charge in [-0.05, 0) is 17.7 Å². The molecule has 0 aromatic heterocycles. The van der Waals surface area contributed by atoms with E-state index in [1.165, 1.54) is 18.5 Å². The number of nitrogens with one attached hydrogen (secondary N) is 1. The molecule has 1 aromatic rings. The van der Waals surface area contributed by atoms with Crippen molar-refractivity contribution in [2.75, 3.05) is 7.11 Å². The Labute approximate surface area is 118 Å². The Hall–Kier alpha value is -2.51. The molecule has 0 aliphatic carbocycles. The smallest absolute Gasteiger partial charge is 0.471 e. The monoisotopic (exact) mass is 303 g/mol. The van der Waals surface area contributed by atoms with E-state index in [9.17, 15) is 22.8 Å². The van der Waals surface area contributed by atoms with Crippen molar-refractivity contribution in [1.82, 2.24) is 5.32 Å². The number of hydrogen-bond acceptors (Lipinski definition) is 3. The summed E-state index contributed by atoms with van der Waals surface area (Å²) in [6.45, 7) is 0. The number of carbonyl (C=O) groups is 2. The maximum absolute atomic E-state index is 12.1. The minimum atomic E-state index is -5.14. The van der Waals surface area contributed by atoms with Crippen LogP contribution in [0.3, 0.4) is 0 Å². The molecular formula is C13H12F3NO4. The number of carboxylic acid groups (broad SMARTS) is 1. The summed E-state index contributed by atoms with van der Waals surface area (Å²) < 4.78 is 41.2. The lowest BCUT2D eigenvalue weighted by Crippen LogP contribution is -2.45. The Morgan fingerprint density at radius 2 is 1.86 bits per heavy atom. The minimum absolute atomic E-state index is 0.545. The second-order valence-corrected chi connectivity index (χ2v) is 3.92. The number of amides is 1. The Kier molecular flexibility index (Phi) is 5.34. The van der Waals surface area contributed by atoms with Gasteiger partial charge in [0.05, 0.1) is 7.11 Å². The summed E-state index contributed by atoms with van der Waals surface area (Å²) in [5.74, 6) is -3.33. The maximum atomic E-state index is 12.1. The summed E-state index contributed by atoms with van der Waals surface area (Å²) >= 11 is 0. The molecule has 0 bridgehead atoms. The molecule has 1 aromatic carbocycles. The van der Waals surface area contributed by atoms with Crippen LogP contribution in [0.25, 0.3) is 6.08 Å². The first-order valence-corrected chi connectivity index (χ1v) is 5.67. The van der Waals surface area contributed by atoms with Crippen molar-refractivity contribution < 1.29 is 32.6 Å². The molecule has 1 rings (SSSR count). The van der Waals surface area contributed by atoms with E-state index < -0.39 is 24.1 Å². The summed E-state index contributed by atoms with van der Waals surface area (Å²) in [6, 6.07) is 4.59. The summed E-state index contributed by atoms with van der Waals surface area (Å²) in [5.41, 5.74) is 0.545. The molecule has 1 amide bonds. The van der Waals surface area contributed by atoms with Crippen LogP contribution in [0.15, 0.2) is 30.3 Å². The summed E-state index contributed by atoms with van der Waals surface area (Å²) in [7, 11) is 1.47. The van der Waals surface area contributed by atoms with E-state index in [2.05, 4.69) is 0 Å². The first-order valence-electron chi connectivity index (χ1n) is 5.67. The molecule has 2 N–H and O–H groups in total. The number of benzene rings is 1. The maximum Gasteiger partial charge on any atom is 0.471 e. The number of hydrogen-bond donors (Lipinski definition) is 2. The van der Waals surface area contributed by atoms with Gasteiger partial charge in [-0.25, -0.2) is 4.79 Å². The molecule has 0 radical (unpaired) electrons. The Balaban J connectivity index is 2.80. The van der Waals surface area contributed by atoms with Gasteiger partial charge in [0.25, 0.3) is 0 Å². The summed E-state index contributed by atoms with van der Waals surface area (Å²) in [6.07, 6.45) is -2.90. The van der Waals surface area contributed by atoms with Crippen molar-refractivity contribution in [3.8, 4) is 5.75 Å². The lowest BCUT2D eigenvalue weighted by atomic mass is 10.1. The lowest BCUT2D eigenvalue weighted by molar-refractivity contribution is -0.175. The molecule has 0 aliphatic heterocycles. The predicted octanol–water partition coefficient (Wildman–Crippen LogP) is 1.84. The fourth-order valence-corrected chi connectivity index (χ4v) is 1.34. The predicted molar refractivity (Wildman–Crippen MR) is 67.6 cm³/mol. The van der Waals surface area contributed by atoms with E-state index in [4.69, 9.17) is 9.84 Å². The molecule has 114 valence electrons. The van der Waals surface area contributed by atoms with Crippen LogP contribution in [-0.4, -0.2) is 36.3 Å². The van der Waals surface area contributed by atoms with E-state index in [1.807, 2.05) is 0 Å². The fourth-order valence-electron chi connectivity index (χ4n) is 1.34. The lowest BCUT2D eigenvalue weighted by Gasteiger charge is -2.12. The van der Waals surface area contributed by atoms with Crippen molar-refractivity contribution in [1.29, 1.82) is 0 Å². The zero-order chi connectivity index (χ0) is 16.0. The first kappa shape index (κ1) is 16.5. The second-order valence-electron chi connectivity index (χ2n) is 3.92. The molecule has 8 heteroatoms. The largest absolute Gasteiger partial charge is 0.497 e. The molecular weight excluding hydrogens is 291 g/mol. The normalized spacial score (nSPS) is 13.0. The Morgan fingerprint density at radius 1 is 1.29 bits per heavy atom. The Bertz CT molecular complexity index is 537. The number of aliphatic carboxylic acids is 1. The standard InChI is InChI=1S/C13H12F3NO4/c1-21-9-5-2-8(3-6-9)4-7-10(11(18)19)17-12(20)13(14,15)16/h2-7,10H,1H3,(H,17,20)(H,18,19)/b7-4+. The molecule has 0 fully saturated rings. The quantitative estimate of drug-likeness (QED) is 0.870. The molecule has 1 atom stereocenters. The number of alkyl halides is 3. The van der Waals surface area contributed by atoms with Crippen molar-refractivity contribution in [2.45, 2.75) is 12.2 Å². The molecule has 0 spiro atoms. The molecule has 5 nitrogen and oxygen atoms in total. The van der Waals surface area contributed by atoms with Crippen molar-refractivity contribution in [3.05, 3.63) is 35.9 Å². The number of carboxylic acids is 1. The van der Waals surface area contributed by atoms with Crippen molar-refractivity contribution in [3.63, 3.8) is 0 Å². The number of methoxy groups -OCH3 is 1. The van der Waals surface area contributed by atoms with E-state index in [0.29, 0.717) is 11.3 Å². The van der Waals surface area contributed by atoms with E-state index >= 15 is 0 Å². The van der Waals surface area contributed by atoms with Crippen LogP contribution in [0.5, 0.6) is 5.75 Å². The Morgan fingerprint density at radius 3 is 2.29 bits per heavy atom. The SMILES string of the molecule is COc1ccc(/C=C/C(NC(=O)C(F)(F)F)C(=O)O)cc1. The van der Waals surface area contributed by atoms with Crippen molar-refractivity contribution in [2.24, 2.45) is 0 Å². The third-order valence-electron chi connectivity index (χ3n) is 2.41. The average molecular weight is 303 g/mol. The topological polar surface area (TPSA) is 75.6 Å². The van der Waals surface area contributed by atoms with E-state index in [-0.39, 0.29) is 0 Å². The van der Waals surface area contributed by atoms with Crippen molar-refractivity contribution >= 4 is 18.0 Å². The van der Waals surface area contributed by atoms with E-state index in [0.717, 1.165) is 6.08 Å². The van der Waals surface area contributed by atoms with Crippen LogP contribution in [0.1, 0.15) is 5.56 Å². The van der Waals surface area contributed by atoms with Gasteiger partial charge in [-0.15, -0.1) is 0 Å². The van der Waals surface area contributed by atoms with Crippen LogP contribution in [0, 0.1) is 0 Å². The minimum Gasteiger partial charge on any atom is -0.497 e. The molecule has 0 saturated heterocycles. The zero-order valence-electron chi connectivity index (χ0n) is 10.8. The van der Waals surface area contributed by atoms with Gasteiger partial charge in [0.1, 0.15) is 11.8 Å². The summed E-state index contributed by atoms with van der Waals surface area (Å²) in [5, 5.41) is 10.2. The van der Waals surface area contributed by atoms with Gasteiger partial charge in [0.15, 0.2) is 0 Å². The molecule has 0 saturated carbocycles. The highest BCUT2D eigenvalue weighted by molar-refractivity contribution is 5.88. The van der Waals surface area contributed by atoms with Gasteiger partial charge in [0.2, 0.25) is 0 Å². The third kappa shape index (κ3) is 5.17. The average Bonchev–Trinajstić information content (AvgIpc) is 2.42. The van der Waals surface area contributed by atoms with Gasteiger partial charge in [-0.2, -0.15) is 13.2 Å². The van der Waals surface area contributed by atoms with Crippen LogP contribution >= 0.6 is 0 Å². The highest BCUT2D eigenvalue weighted by Gasteiger charge is 2.40. The van der Waals surface area contributed by atoms with Gasteiger partial charge in [0, 0.05) is 0 Å². The molecule has 21 heavy (non-hydrogen) atoms. The number of rotatable bonds is 5. The molecule has 1 unspecified atom stereocenters. The fraction of sp³-hybridized carbons (Fsp3) is 0.231. The van der Waals surface area contributed by atoms with Gasteiger partial charge >= 0.3 is 18.1 Å². The van der Waals surface area contributed by atoms with Crippen LogP contribution < -0.4 is 10.1 Å². The number of carbonyl (C=O) groups excluding carboxylic acids is 1. The molecule has 0 heterocycles. The first-order chi connectivity index (χ1) is 9.74. The van der Waals surface area contributed by atoms with Gasteiger partial charge in [-0.3, -0.25) is 4.79 Å². The number of ether oxygens (including phenoxy) is 1. The van der Waals surface area contributed by atoms with Crippen LogP contribution in [0.4, 0.5) is 13.2 Å². The van der Waals surface area contributed by atoms with Gasteiger partial charge < -0.3 is 15.2 Å². The highest BCUT2D eigenvalue weighted by Crippen LogP contribution is 2.15. The van der Waals surface area contributed by atoms with Gasteiger partial charge in [-0.1, -0.05) is 24.3 Å². The second kappa shape index (κ2) is 6.78. The summed E-state index contributed by atoms with van der Waals surface area (Å²) in [4.78, 5) is 21.6. The number of halogens is 3. The third-order valence-corrected chi connectivity index (χ3v) is 2.41. The van der Waals surface area contributed by atoms with E-state index in [1.54, 1.807) is 24.3 Å². The van der Waals surface area contributed by atoms with Crippen LogP contribution in [-0.2, 0) is 9.59 Å². The zero-order valence-corrected chi connectivity index (χ0v) is 10.8.